The van der Waals surface area contributed by atoms with Crippen molar-refractivity contribution >= 4 is 17.4 Å². The normalized spacial score (nSPS) is 10.9. The predicted molar refractivity (Wildman–Crippen MR) is 72.1 cm³/mol. The minimum Gasteiger partial charge on any atom is -0.383 e. The van der Waals surface area contributed by atoms with Crippen molar-refractivity contribution in [3.63, 3.8) is 0 Å². The second-order valence-electron chi connectivity index (χ2n) is 4.17. The number of hydrogen-bond acceptors (Lipinski definition) is 2. The molecule has 0 fully saturated rings. The Bertz CT molecular complexity index is 578. The number of nitrogen functional groups attached to an aromatic ring is 1. The second-order valence-corrected chi connectivity index (χ2v) is 4.58. The van der Waals surface area contributed by atoms with Gasteiger partial charge in [0, 0.05) is 12.1 Å². The van der Waals surface area contributed by atoms with Gasteiger partial charge in [-0.25, -0.2) is 9.37 Å². The Hall–Kier alpha value is -1.55. The van der Waals surface area contributed by atoms with Crippen LogP contribution in [0.5, 0.6) is 0 Å². The van der Waals surface area contributed by atoms with Crippen molar-refractivity contribution < 1.29 is 4.39 Å². The van der Waals surface area contributed by atoms with E-state index >= 15 is 0 Å². The average Bonchev–Trinajstić information content (AvgIpc) is 2.61. The van der Waals surface area contributed by atoms with Crippen molar-refractivity contribution in [3.05, 3.63) is 34.9 Å². The molecule has 0 aliphatic heterocycles. The van der Waals surface area contributed by atoms with Crippen molar-refractivity contribution in [2.24, 2.45) is 0 Å². The third-order valence-electron chi connectivity index (χ3n) is 2.84. The Kier molecular flexibility index (Phi) is 3.57. The highest BCUT2D eigenvalue weighted by molar-refractivity contribution is 6.30. The zero-order valence-electron chi connectivity index (χ0n) is 10.4. The van der Waals surface area contributed by atoms with E-state index in [4.69, 9.17) is 17.3 Å². The first-order valence-corrected chi connectivity index (χ1v) is 6.20. The molecule has 2 aromatic rings. The Morgan fingerprint density at radius 2 is 2.17 bits per heavy atom. The number of imidazole rings is 1. The number of benzene rings is 1. The minimum absolute atomic E-state index is 0.0991. The van der Waals surface area contributed by atoms with E-state index in [2.05, 4.69) is 11.9 Å². The molecule has 0 saturated carbocycles. The summed E-state index contributed by atoms with van der Waals surface area (Å²) in [5.74, 6) is 0.937. The molecule has 0 saturated heterocycles. The summed E-state index contributed by atoms with van der Waals surface area (Å²) in [7, 11) is 0. The maximum Gasteiger partial charge on any atom is 0.142 e. The summed E-state index contributed by atoms with van der Waals surface area (Å²) in [6.07, 6.45) is 0.968. The van der Waals surface area contributed by atoms with Crippen LogP contribution in [0.3, 0.4) is 0 Å². The molecule has 2 N–H and O–H groups in total. The van der Waals surface area contributed by atoms with E-state index in [1.807, 2.05) is 11.5 Å². The highest BCUT2D eigenvalue weighted by Gasteiger charge is 2.14. The molecule has 0 aliphatic carbocycles. The van der Waals surface area contributed by atoms with Gasteiger partial charge in [0.15, 0.2) is 0 Å². The van der Waals surface area contributed by atoms with Gasteiger partial charge in [0.25, 0.3) is 0 Å². The summed E-state index contributed by atoms with van der Waals surface area (Å²) < 4.78 is 15.4. The lowest BCUT2D eigenvalue weighted by Crippen LogP contribution is -2.04. The smallest absolute Gasteiger partial charge is 0.142 e. The van der Waals surface area contributed by atoms with Crippen LogP contribution in [-0.2, 0) is 6.54 Å². The average molecular weight is 268 g/mol. The maximum absolute atomic E-state index is 13.4. The zero-order chi connectivity index (χ0) is 13.3. The molecule has 2 rings (SSSR count). The van der Waals surface area contributed by atoms with Gasteiger partial charge in [-0.2, -0.15) is 0 Å². The molecule has 0 atom stereocenters. The first-order chi connectivity index (χ1) is 8.54. The molecule has 1 aromatic carbocycles. The fourth-order valence-electron chi connectivity index (χ4n) is 1.94. The zero-order valence-corrected chi connectivity index (χ0v) is 11.1. The lowest BCUT2D eigenvalue weighted by molar-refractivity contribution is 0.628. The fraction of sp³-hybridized carbons (Fsp3) is 0.308. The van der Waals surface area contributed by atoms with E-state index in [0.717, 1.165) is 18.8 Å². The first-order valence-electron chi connectivity index (χ1n) is 5.82. The molecule has 1 heterocycles. The van der Waals surface area contributed by atoms with Crippen LogP contribution in [0.4, 0.5) is 10.2 Å². The van der Waals surface area contributed by atoms with Gasteiger partial charge in [0.2, 0.25) is 0 Å². The number of nitrogens with two attached hydrogens (primary N) is 1. The number of hydrogen-bond donors (Lipinski definition) is 1. The molecule has 0 amide bonds. The molecule has 3 nitrogen and oxygen atoms in total. The molecule has 0 aliphatic rings. The molecule has 18 heavy (non-hydrogen) atoms. The van der Waals surface area contributed by atoms with Crippen molar-refractivity contribution in [1.82, 2.24) is 9.55 Å². The summed E-state index contributed by atoms with van der Waals surface area (Å²) >= 11 is 5.66. The van der Waals surface area contributed by atoms with Crippen LogP contribution in [0.25, 0.3) is 11.3 Å². The van der Waals surface area contributed by atoms with Gasteiger partial charge in [-0.15, -0.1) is 0 Å². The van der Waals surface area contributed by atoms with Crippen LogP contribution in [0.15, 0.2) is 18.2 Å². The maximum atomic E-state index is 13.4. The third kappa shape index (κ3) is 2.20. The largest absolute Gasteiger partial charge is 0.383 e. The van der Waals surface area contributed by atoms with Gasteiger partial charge in [-0.05, 0) is 25.5 Å². The monoisotopic (exact) mass is 267 g/mol. The van der Waals surface area contributed by atoms with Crippen LogP contribution >= 0.6 is 11.6 Å². The topological polar surface area (TPSA) is 43.8 Å². The number of halogens is 2. The Morgan fingerprint density at radius 3 is 2.78 bits per heavy atom. The van der Waals surface area contributed by atoms with Crippen molar-refractivity contribution in [2.45, 2.75) is 26.8 Å². The van der Waals surface area contributed by atoms with Crippen molar-refractivity contribution in [1.29, 1.82) is 0 Å². The fourth-order valence-corrected chi connectivity index (χ4v) is 2.06. The Morgan fingerprint density at radius 1 is 1.44 bits per heavy atom. The third-order valence-corrected chi connectivity index (χ3v) is 3.14. The van der Waals surface area contributed by atoms with Gasteiger partial charge in [0.1, 0.15) is 23.2 Å². The highest BCUT2D eigenvalue weighted by atomic mass is 35.5. The van der Waals surface area contributed by atoms with E-state index in [9.17, 15) is 4.39 Å². The predicted octanol–water partition coefficient (Wildman–Crippen LogP) is 3.64. The van der Waals surface area contributed by atoms with Gasteiger partial charge in [0.05, 0.1) is 5.02 Å². The molecular weight excluding hydrogens is 253 g/mol. The van der Waals surface area contributed by atoms with Crippen LogP contribution in [0.2, 0.25) is 5.02 Å². The summed E-state index contributed by atoms with van der Waals surface area (Å²) in [6.45, 7) is 4.77. The van der Waals surface area contributed by atoms with Crippen molar-refractivity contribution in [2.75, 3.05) is 5.73 Å². The first kappa shape index (κ1) is 12.9. The lowest BCUT2D eigenvalue weighted by Gasteiger charge is -2.05. The van der Waals surface area contributed by atoms with Gasteiger partial charge >= 0.3 is 0 Å². The van der Waals surface area contributed by atoms with Crippen LogP contribution in [-0.4, -0.2) is 9.55 Å². The number of anilines is 1. The lowest BCUT2D eigenvalue weighted by atomic mass is 10.1. The van der Waals surface area contributed by atoms with Crippen LogP contribution in [0, 0.1) is 12.7 Å². The van der Waals surface area contributed by atoms with E-state index < -0.39 is 5.82 Å². The summed E-state index contributed by atoms with van der Waals surface area (Å²) in [5, 5.41) is 0.0991. The molecule has 0 radical (unpaired) electrons. The Balaban J connectivity index is 2.50. The standard InChI is InChI=1S/C13H15ClFN3/c1-3-6-18-8(2)17-12(13(18)16)9-4-5-10(14)11(15)7-9/h4-5,7H,3,6,16H2,1-2H3. The second kappa shape index (κ2) is 4.98. The van der Waals surface area contributed by atoms with E-state index in [1.165, 1.54) is 12.1 Å². The quantitative estimate of drug-likeness (QED) is 0.923. The summed E-state index contributed by atoms with van der Waals surface area (Å²) in [5.41, 5.74) is 7.31. The molecule has 5 heteroatoms. The van der Waals surface area contributed by atoms with Gasteiger partial charge < -0.3 is 10.3 Å². The SMILES string of the molecule is CCCn1c(C)nc(-c2ccc(Cl)c(F)c2)c1N. The molecule has 1 aromatic heterocycles. The molecule has 96 valence electrons. The van der Waals surface area contributed by atoms with Gasteiger partial charge in [-0.3, -0.25) is 0 Å². The van der Waals surface area contributed by atoms with Crippen molar-refractivity contribution in [3.8, 4) is 11.3 Å². The van der Waals surface area contributed by atoms with E-state index in [1.54, 1.807) is 6.07 Å². The van der Waals surface area contributed by atoms with Gasteiger partial charge in [-0.1, -0.05) is 24.6 Å². The van der Waals surface area contributed by atoms with Crippen LogP contribution in [0.1, 0.15) is 19.2 Å². The molecule has 0 spiro atoms. The number of aromatic nitrogens is 2. The minimum atomic E-state index is -0.462. The number of nitrogens with zero attached hydrogens (tertiary/aromatic N) is 2. The summed E-state index contributed by atoms with van der Waals surface area (Å²) in [6, 6.07) is 4.59. The van der Waals surface area contributed by atoms with E-state index in [0.29, 0.717) is 17.1 Å². The summed E-state index contributed by atoms with van der Waals surface area (Å²) in [4.78, 5) is 4.40. The van der Waals surface area contributed by atoms with E-state index in [-0.39, 0.29) is 5.02 Å². The molecular formula is C13H15ClFN3. The number of aryl methyl sites for hydroxylation is 1. The Labute approximate surface area is 110 Å². The van der Waals surface area contributed by atoms with Crippen LogP contribution < -0.4 is 5.73 Å². The highest BCUT2D eigenvalue weighted by Crippen LogP contribution is 2.28. The number of rotatable bonds is 3. The molecule has 0 unspecified atom stereocenters. The molecule has 0 bridgehead atoms.